The Labute approximate surface area is 197 Å². The first-order valence-corrected chi connectivity index (χ1v) is 13.3. The van der Waals surface area contributed by atoms with Crippen molar-refractivity contribution in [3.8, 4) is 5.75 Å². The highest BCUT2D eigenvalue weighted by atomic mass is 32.2. The van der Waals surface area contributed by atoms with E-state index in [0.29, 0.717) is 51.3 Å². The number of ether oxygens (including phenoxy) is 1. The SMILES string of the molecule is CCCCOc1ccc(C(=O)NCCCS(=O)(=O)N2CCN(c3cccc(C)c3)CC2)cc1. The van der Waals surface area contributed by atoms with Gasteiger partial charge in [-0.05, 0) is 61.7 Å². The van der Waals surface area contributed by atoms with E-state index in [1.165, 1.54) is 5.56 Å². The number of hydrogen-bond acceptors (Lipinski definition) is 5. The fourth-order valence-electron chi connectivity index (χ4n) is 3.77. The van der Waals surface area contributed by atoms with E-state index in [9.17, 15) is 13.2 Å². The molecule has 33 heavy (non-hydrogen) atoms. The third kappa shape index (κ3) is 7.47. The monoisotopic (exact) mass is 473 g/mol. The van der Waals surface area contributed by atoms with Gasteiger partial charge in [-0.25, -0.2) is 8.42 Å². The summed E-state index contributed by atoms with van der Waals surface area (Å²) in [7, 11) is -3.34. The van der Waals surface area contributed by atoms with Crippen LogP contribution in [0.2, 0.25) is 0 Å². The number of hydrogen-bond donors (Lipinski definition) is 1. The Morgan fingerprint density at radius 3 is 2.42 bits per heavy atom. The van der Waals surface area contributed by atoms with E-state index < -0.39 is 10.0 Å². The maximum Gasteiger partial charge on any atom is 0.251 e. The molecule has 0 atom stereocenters. The van der Waals surface area contributed by atoms with E-state index in [1.54, 1.807) is 28.6 Å². The third-order valence-electron chi connectivity index (χ3n) is 5.75. The number of sulfonamides is 1. The summed E-state index contributed by atoms with van der Waals surface area (Å²) < 4.78 is 32.6. The van der Waals surface area contributed by atoms with E-state index >= 15 is 0 Å². The summed E-state index contributed by atoms with van der Waals surface area (Å²) in [4.78, 5) is 14.5. The highest BCUT2D eigenvalue weighted by Gasteiger charge is 2.26. The van der Waals surface area contributed by atoms with Crippen molar-refractivity contribution >= 4 is 21.6 Å². The predicted molar refractivity (Wildman–Crippen MR) is 133 cm³/mol. The normalized spacial score (nSPS) is 14.8. The zero-order valence-corrected chi connectivity index (χ0v) is 20.4. The summed E-state index contributed by atoms with van der Waals surface area (Å²) in [5.74, 6) is 0.565. The van der Waals surface area contributed by atoms with Crippen molar-refractivity contribution in [2.45, 2.75) is 33.1 Å². The number of carbonyl (C=O) groups is 1. The summed E-state index contributed by atoms with van der Waals surface area (Å²) in [5, 5.41) is 2.81. The Kier molecular flexibility index (Phi) is 9.14. The van der Waals surface area contributed by atoms with Gasteiger partial charge in [0.2, 0.25) is 10.0 Å². The minimum Gasteiger partial charge on any atom is -0.494 e. The molecule has 0 saturated carbocycles. The van der Waals surface area contributed by atoms with Crippen LogP contribution >= 0.6 is 0 Å². The van der Waals surface area contributed by atoms with E-state index in [1.807, 2.05) is 6.07 Å². The van der Waals surface area contributed by atoms with Gasteiger partial charge in [-0.1, -0.05) is 25.5 Å². The third-order valence-corrected chi connectivity index (χ3v) is 7.70. The number of rotatable bonds is 11. The predicted octanol–water partition coefficient (Wildman–Crippen LogP) is 3.45. The van der Waals surface area contributed by atoms with Crippen LogP contribution in [0.4, 0.5) is 5.69 Å². The average molecular weight is 474 g/mol. The van der Waals surface area contributed by atoms with Gasteiger partial charge in [-0.2, -0.15) is 4.31 Å². The van der Waals surface area contributed by atoms with Crippen molar-refractivity contribution in [1.82, 2.24) is 9.62 Å². The molecule has 1 fully saturated rings. The van der Waals surface area contributed by atoms with Gasteiger partial charge < -0.3 is 15.0 Å². The molecular formula is C25H35N3O4S. The Morgan fingerprint density at radius 1 is 1.03 bits per heavy atom. The van der Waals surface area contributed by atoms with Crippen LogP contribution < -0.4 is 15.0 Å². The lowest BCUT2D eigenvalue weighted by Gasteiger charge is -2.35. The fourth-order valence-corrected chi connectivity index (χ4v) is 5.26. The van der Waals surface area contributed by atoms with Crippen LogP contribution in [0.5, 0.6) is 5.75 Å². The second-order valence-electron chi connectivity index (χ2n) is 8.38. The maximum atomic E-state index is 12.7. The molecular weight excluding hydrogens is 438 g/mol. The molecule has 7 nitrogen and oxygen atoms in total. The van der Waals surface area contributed by atoms with Crippen LogP contribution in [0.25, 0.3) is 0 Å². The van der Waals surface area contributed by atoms with Gasteiger partial charge in [0.05, 0.1) is 12.4 Å². The molecule has 0 bridgehead atoms. The first-order chi connectivity index (χ1) is 15.9. The van der Waals surface area contributed by atoms with Gasteiger partial charge in [0, 0.05) is 44.0 Å². The Morgan fingerprint density at radius 2 is 1.76 bits per heavy atom. The number of nitrogens with one attached hydrogen (secondary N) is 1. The second kappa shape index (κ2) is 12.0. The van der Waals surface area contributed by atoms with Crippen molar-refractivity contribution in [2.24, 2.45) is 0 Å². The molecule has 0 aromatic heterocycles. The van der Waals surface area contributed by atoms with E-state index in [0.717, 1.165) is 24.3 Å². The number of piperazine rings is 1. The quantitative estimate of drug-likeness (QED) is 0.506. The molecule has 0 spiro atoms. The standard InChI is InChI=1S/C25H35N3O4S/c1-3-4-18-32-24-11-9-22(10-12-24)25(29)26-13-6-19-33(30,31)28-16-14-27(15-17-28)23-8-5-7-21(2)20-23/h5,7-12,20H,3-4,6,13-19H2,1-2H3,(H,26,29). The lowest BCUT2D eigenvalue weighted by Crippen LogP contribution is -2.49. The number of nitrogens with zero attached hydrogens (tertiary/aromatic N) is 2. The number of carbonyl (C=O) groups excluding carboxylic acids is 1. The molecule has 1 aliphatic rings. The van der Waals surface area contributed by atoms with Crippen LogP contribution in [0.15, 0.2) is 48.5 Å². The van der Waals surface area contributed by atoms with Crippen molar-refractivity contribution in [3.63, 3.8) is 0 Å². The molecule has 2 aromatic rings. The summed E-state index contributed by atoms with van der Waals surface area (Å²) >= 11 is 0. The van der Waals surface area contributed by atoms with Gasteiger partial charge in [-0.3, -0.25) is 4.79 Å². The van der Waals surface area contributed by atoms with Gasteiger partial charge >= 0.3 is 0 Å². The van der Waals surface area contributed by atoms with Crippen molar-refractivity contribution in [1.29, 1.82) is 0 Å². The molecule has 2 aromatic carbocycles. The highest BCUT2D eigenvalue weighted by molar-refractivity contribution is 7.89. The van der Waals surface area contributed by atoms with Crippen LogP contribution in [0.1, 0.15) is 42.1 Å². The summed E-state index contributed by atoms with van der Waals surface area (Å²) in [6.45, 7) is 7.46. The average Bonchev–Trinajstić information content (AvgIpc) is 2.82. The summed E-state index contributed by atoms with van der Waals surface area (Å²) in [6.07, 6.45) is 2.44. The number of benzene rings is 2. The molecule has 1 heterocycles. The summed E-state index contributed by atoms with van der Waals surface area (Å²) in [5.41, 5.74) is 2.86. The van der Waals surface area contributed by atoms with Crippen LogP contribution in [0.3, 0.4) is 0 Å². The van der Waals surface area contributed by atoms with Gasteiger partial charge in [-0.15, -0.1) is 0 Å². The second-order valence-corrected chi connectivity index (χ2v) is 10.5. The van der Waals surface area contributed by atoms with E-state index in [-0.39, 0.29) is 11.7 Å². The van der Waals surface area contributed by atoms with Crippen LogP contribution in [-0.4, -0.2) is 63.7 Å². The lowest BCUT2D eigenvalue weighted by molar-refractivity contribution is 0.0953. The smallest absolute Gasteiger partial charge is 0.251 e. The van der Waals surface area contributed by atoms with Gasteiger partial charge in [0.25, 0.3) is 5.91 Å². The number of anilines is 1. The maximum absolute atomic E-state index is 12.7. The molecule has 3 rings (SSSR count). The topological polar surface area (TPSA) is 78.9 Å². The molecule has 0 aliphatic carbocycles. The Bertz CT molecular complexity index is 1000. The molecule has 8 heteroatoms. The zero-order chi connectivity index (χ0) is 23.7. The van der Waals surface area contributed by atoms with Crippen LogP contribution in [0, 0.1) is 6.92 Å². The van der Waals surface area contributed by atoms with E-state index in [4.69, 9.17) is 4.74 Å². The fraction of sp³-hybridized carbons (Fsp3) is 0.480. The molecule has 0 unspecified atom stereocenters. The van der Waals surface area contributed by atoms with Crippen LogP contribution in [-0.2, 0) is 10.0 Å². The first-order valence-electron chi connectivity index (χ1n) is 11.7. The van der Waals surface area contributed by atoms with Gasteiger partial charge in [0.1, 0.15) is 5.75 Å². The number of unbranched alkanes of at least 4 members (excludes halogenated alkanes) is 1. The highest BCUT2D eigenvalue weighted by Crippen LogP contribution is 2.19. The van der Waals surface area contributed by atoms with Crippen molar-refractivity contribution < 1.29 is 17.9 Å². The molecule has 180 valence electrons. The Hall–Kier alpha value is -2.58. The molecule has 1 N–H and O–H groups in total. The molecule has 1 amide bonds. The van der Waals surface area contributed by atoms with Crippen molar-refractivity contribution in [2.75, 3.05) is 50.0 Å². The summed E-state index contributed by atoms with van der Waals surface area (Å²) in [6, 6.07) is 15.3. The molecule has 0 radical (unpaired) electrons. The van der Waals surface area contributed by atoms with Crippen molar-refractivity contribution in [3.05, 3.63) is 59.7 Å². The molecule has 1 saturated heterocycles. The van der Waals surface area contributed by atoms with Gasteiger partial charge in [0.15, 0.2) is 0 Å². The number of amides is 1. The zero-order valence-electron chi connectivity index (χ0n) is 19.6. The minimum absolute atomic E-state index is 0.0297. The first kappa shape index (κ1) is 25.1. The number of aryl methyl sites for hydroxylation is 1. The Balaban J connectivity index is 1.39. The lowest BCUT2D eigenvalue weighted by atomic mass is 10.2. The van der Waals surface area contributed by atoms with E-state index in [2.05, 4.69) is 42.3 Å². The molecule has 1 aliphatic heterocycles. The minimum atomic E-state index is -3.34. The largest absolute Gasteiger partial charge is 0.494 e.